The third-order valence-corrected chi connectivity index (χ3v) is 8.96. The summed E-state index contributed by atoms with van der Waals surface area (Å²) < 4.78 is 35.1. The first-order valence-electron chi connectivity index (χ1n) is 10.8. The highest BCUT2D eigenvalue weighted by Gasteiger charge is 2.32. The predicted molar refractivity (Wildman–Crippen MR) is 138 cm³/mol. The number of benzene rings is 2. The Morgan fingerprint density at radius 3 is 2.24 bits per heavy atom. The van der Waals surface area contributed by atoms with Gasteiger partial charge in [-0.1, -0.05) is 22.0 Å². The molecule has 0 unspecified atom stereocenters. The molecule has 0 spiro atoms. The minimum atomic E-state index is -3.63. The standard InChI is InChI=1S/C24H28BrN3O3S2/c1-18(26-33(29,30)22-11-5-19(25)6-12-22)24(23-4-3-17-32-23)28-15-13-27(14-16-28)20-7-9-21(31-2)10-8-20/h3-12,17-18,24,26H,13-16H2,1-2H3/t18-,24-/m0/s1. The molecule has 0 radical (unpaired) electrons. The third kappa shape index (κ3) is 5.78. The number of anilines is 1. The van der Waals surface area contributed by atoms with Crippen LogP contribution < -0.4 is 14.4 Å². The van der Waals surface area contributed by atoms with Crippen molar-refractivity contribution in [3.05, 3.63) is 75.4 Å². The molecule has 1 aliphatic heterocycles. The zero-order valence-corrected chi connectivity index (χ0v) is 21.9. The molecular formula is C24H28BrN3O3S2. The van der Waals surface area contributed by atoms with Gasteiger partial charge in [0.15, 0.2) is 0 Å². The second-order valence-electron chi connectivity index (χ2n) is 8.05. The van der Waals surface area contributed by atoms with Crippen LogP contribution in [0.5, 0.6) is 5.75 Å². The zero-order valence-electron chi connectivity index (χ0n) is 18.6. The van der Waals surface area contributed by atoms with E-state index in [1.165, 1.54) is 10.6 Å². The van der Waals surface area contributed by atoms with Crippen molar-refractivity contribution in [2.45, 2.75) is 23.9 Å². The van der Waals surface area contributed by atoms with Crippen molar-refractivity contribution in [2.24, 2.45) is 0 Å². The van der Waals surface area contributed by atoms with Gasteiger partial charge < -0.3 is 9.64 Å². The van der Waals surface area contributed by atoms with Gasteiger partial charge >= 0.3 is 0 Å². The van der Waals surface area contributed by atoms with E-state index in [0.29, 0.717) is 0 Å². The summed E-state index contributed by atoms with van der Waals surface area (Å²) in [5, 5.41) is 2.05. The van der Waals surface area contributed by atoms with E-state index in [9.17, 15) is 8.42 Å². The molecule has 2 atom stereocenters. The first kappa shape index (κ1) is 24.2. The third-order valence-electron chi connectivity index (χ3n) is 5.92. The van der Waals surface area contributed by atoms with Gasteiger partial charge in [-0.05, 0) is 66.9 Å². The Hall–Kier alpha value is -1.91. The van der Waals surface area contributed by atoms with Crippen molar-refractivity contribution in [3.63, 3.8) is 0 Å². The molecule has 0 amide bonds. The van der Waals surface area contributed by atoms with Crippen molar-refractivity contribution >= 4 is 43.0 Å². The number of nitrogens with zero attached hydrogens (tertiary/aromatic N) is 2. The molecule has 1 aromatic heterocycles. The van der Waals surface area contributed by atoms with E-state index < -0.39 is 10.0 Å². The molecule has 3 aromatic rings. The Balaban J connectivity index is 1.48. The summed E-state index contributed by atoms with van der Waals surface area (Å²) in [6, 6.07) is 18.7. The number of sulfonamides is 1. The van der Waals surface area contributed by atoms with Crippen LogP contribution in [0.4, 0.5) is 5.69 Å². The van der Waals surface area contributed by atoms with E-state index in [2.05, 4.69) is 48.7 Å². The largest absolute Gasteiger partial charge is 0.497 e. The van der Waals surface area contributed by atoms with Gasteiger partial charge in [0.05, 0.1) is 18.0 Å². The molecule has 33 heavy (non-hydrogen) atoms. The summed E-state index contributed by atoms with van der Waals surface area (Å²) in [5.41, 5.74) is 1.17. The van der Waals surface area contributed by atoms with Crippen LogP contribution in [0.1, 0.15) is 17.8 Å². The first-order valence-corrected chi connectivity index (χ1v) is 14.0. The van der Waals surface area contributed by atoms with Crippen LogP contribution in [0.3, 0.4) is 0 Å². The van der Waals surface area contributed by atoms with Crippen LogP contribution in [-0.4, -0.2) is 52.6 Å². The van der Waals surface area contributed by atoms with Crippen molar-refractivity contribution in [1.29, 1.82) is 0 Å². The molecule has 0 saturated carbocycles. The van der Waals surface area contributed by atoms with Gasteiger partial charge in [0.1, 0.15) is 5.75 Å². The van der Waals surface area contributed by atoms with Gasteiger partial charge in [0.25, 0.3) is 0 Å². The van der Waals surface area contributed by atoms with Crippen LogP contribution in [0.15, 0.2) is 75.4 Å². The van der Waals surface area contributed by atoms with Gasteiger partial charge in [0.2, 0.25) is 10.0 Å². The topological polar surface area (TPSA) is 61.9 Å². The minimum Gasteiger partial charge on any atom is -0.497 e. The van der Waals surface area contributed by atoms with Gasteiger partial charge in [0, 0.05) is 47.3 Å². The quantitative estimate of drug-likeness (QED) is 0.439. The second-order valence-corrected chi connectivity index (χ2v) is 11.7. The lowest BCUT2D eigenvalue weighted by Crippen LogP contribution is -2.52. The number of ether oxygens (including phenoxy) is 1. The normalized spacial score (nSPS) is 17.0. The minimum absolute atomic E-state index is 0.0340. The Labute approximate surface area is 208 Å². The van der Waals surface area contributed by atoms with Crippen LogP contribution in [0, 0.1) is 0 Å². The van der Waals surface area contributed by atoms with Crippen LogP contribution in [-0.2, 0) is 10.0 Å². The van der Waals surface area contributed by atoms with E-state index in [1.54, 1.807) is 42.7 Å². The van der Waals surface area contributed by atoms with Crippen molar-refractivity contribution < 1.29 is 13.2 Å². The van der Waals surface area contributed by atoms with Gasteiger partial charge in [-0.2, -0.15) is 0 Å². The summed E-state index contributed by atoms with van der Waals surface area (Å²) in [6.07, 6.45) is 0. The molecule has 0 aliphatic carbocycles. The maximum absolute atomic E-state index is 13.0. The van der Waals surface area contributed by atoms with Gasteiger partial charge in [-0.15, -0.1) is 11.3 Å². The Kier molecular flexibility index (Phi) is 7.76. The van der Waals surface area contributed by atoms with Crippen LogP contribution >= 0.6 is 27.3 Å². The Morgan fingerprint density at radius 1 is 1.00 bits per heavy atom. The number of methoxy groups -OCH3 is 1. The van der Waals surface area contributed by atoms with E-state index in [0.717, 1.165) is 36.4 Å². The number of rotatable bonds is 8. The number of piperazine rings is 1. The maximum atomic E-state index is 13.0. The highest BCUT2D eigenvalue weighted by Crippen LogP contribution is 2.31. The average molecular weight is 551 g/mol. The lowest BCUT2D eigenvalue weighted by atomic mass is 10.1. The van der Waals surface area contributed by atoms with Crippen LogP contribution in [0.25, 0.3) is 0 Å². The molecule has 1 aliphatic rings. The highest BCUT2D eigenvalue weighted by molar-refractivity contribution is 9.10. The summed E-state index contributed by atoms with van der Waals surface area (Å²) in [6.45, 7) is 5.40. The molecule has 6 nitrogen and oxygen atoms in total. The molecule has 1 fully saturated rings. The average Bonchev–Trinajstić information content (AvgIpc) is 3.34. The number of hydrogen-bond donors (Lipinski definition) is 1. The molecule has 1 N–H and O–H groups in total. The maximum Gasteiger partial charge on any atom is 0.240 e. The molecule has 2 aromatic carbocycles. The first-order chi connectivity index (χ1) is 15.9. The van der Waals surface area contributed by atoms with E-state index in [-0.39, 0.29) is 17.0 Å². The predicted octanol–water partition coefficient (Wildman–Crippen LogP) is 4.75. The fourth-order valence-electron chi connectivity index (χ4n) is 4.24. The number of thiophene rings is 1. The lowest BCUT2D eigenvalue weighted by Gasteiger charge is -2.42. The number of halogens is 1. The summed E-state index contributed by atoms with van der Waals surface area (Å²) >= 11 is 5.03. The highest BCUT2D eigenvalue weighted by atomic mass is 79.9. The van der Waals surface area contributed by atoms with E-state index in [4.69, 9.17) is 4.74 Å². The lowest BCUT2D eigenvalue weighted by molar-refractivity contribution is 0.164. The molecular weight excluding hydrogens is 522 g/mol. The monoisotopic (exact) mass is 549 g/mol. The van der Waals surface area contributed by atoms with Gasteiger partial charge in [-0.3, -0.25) is 4.90 Å². The smallest absolute Gasteiger partial charge is 0.240 e. The summed E-state index contributed by atoms with van der Waals surface area (Å²) in [7, 11) is -1.96. The van der Waals surface area contributed by atoms with Crippen LogP contribution in [0.2, 0.25) is 0 Å². The van der Waals surface area contributed by atoms with Crippen molar-refractivity contribution in [3.8, 4) is 5.75 Å². The number of hydrogen-bond acceptors (Lipinski definition) is 6. The zero-order chi connectivity index (χ0) is 23.4. The van der Waals surface area contributed by atoms with E-state index >= 15 is 0 Å². The fourth-order valence-corrected chi connectivity index (χ4v) is 6.72. The number of nitrogens with one attached hydrogen (secondary N) is 1. The molecule has 2 heterocycles. The molecule has 176 valence electrons. The molecule has 1 saturated heterocycles. The Bertz CT molecular complexity index is 1130. The SMILES string of the molecule is COc1ccc(N2CCN([C@H](c3cccs3)[C@H](C)NS(=O)(=O)c3ccc(Br)cc3)CC2)cc1. The fraction of sp³-hybridized carbons (Fsp3) is 0.333. The van der Waals surface area contributed by atoms with Crippen molar-refractivity contribution in [1.82, 2.24) is 9.62 Å². The summed E-state index contributed by atoms with van der Waals surface area (Å²) in [5.74, 6) is 0.849. The van der Waals surface area contributed by atoms with E-state index in [1.807, 2.05) is 30.5 Å². The molecule has 9 heteroatoms. The second kappa shape index (κ2) is 10.6. The van der Waals surface area contributed by atoms with Gasteiger partial charge in [-0.25, -0.2) is 13.1 Å². The Morgan fingerprint density at radius 2 is 1.67 bits per heavy atom. The molecule has 0 bridgehead atoms. The van der Waals surface area contributed by atoms with Crippen molar-refractivity contribution in [2.75, 3.05) is 38.2 Å². The summed E-state index contributed by atoms with van der Waals surface area (Å²) in [4.78, 5) is 6.18. The molecule has 4 rings (SSSR count).